The maximum atomic E-state index is 12.3. The van der Waals surface area contributed by atoms with Gasteiger partial charge in [-0.25, -0.2) is 4.98 Å². The number of thiazole rings is 1. The van der Waals surface area contributed by atoms with Gasteiger partial charge in [-0.2, -0.15) is 0 Å². The number of nitrogens with zero attached hydrogens (tertiary/aromatic N) is 3. The van der Waals surface area contributed by atoms with Gasteiger partial charge in [0.05, 0.1) is 24.9 Å². The van der Waals surface area contributed by atoms with Crippen molar-refractivity contribution in [3.05, 3.63) is 41.7 Å². The van der Waals surface area contributed by atoms with Crippen LogP contribution in [0.3, 0.4) is 0 Å². The Balaban J connectivity index is 1.47. The van der Waals surface area contributed by atoms with Crippen LogP contribution in [0.15, 0.2) is 36.0 Å². The maximum absolute atomic E-state index is 12.3. The Morgan fingerprint density at radius 2 is 2.31 bits per heavy atom. The van der Waals surface area contributed by atoms with E-state index in [0.29, 0.717) is 24.4 Å². The lowest BCUT2D eigenvalue weighted by Crippen LogP contribution is -2.24. The Bertz CT molecular complexity index is 949. The number of ether oxygens (including phenoxy) is 1. The van der Waals surface area contributed by atoms with E-state index < -0.39 is 0 Å². The highest BCUT2D eigenvalue weighted by Crippen LogP contribution is 2.33. The Morgan fingerprint density at radius 1 is 1.42 bits per heavy atom. The largest absolute Gasteiger partial charge is 0.494 e. The molecule has 1 saturated heterocycles. The summed E-state index contributed by atoms with van der Waals surface area (Å²) in [5.74, 6) is 0.517. The van der Waals surface area contributed by atoms with Crippen molar-refractivity contribution in [2.75, 3.05) is 23.9 Å². The first-order chi connectivity index (χ1) is 12.6. The van der Waals surface area contributed by atoms with Crippen molar-refractivity contribution in [3.8, 4) is 5.75 Å². The van der Waals surface area contributed by atoms with E-state index in [2.05, 4.69) is 10.3 Å². The quantitative estimate of drug-likeness (QED) is 0.749. The van der Waals surface area contributed by atoms with Crippen molar-refractivity contribution >= 4 is 39.5 Å². The van der Waals surface area contributed by atoms with Gasteiger partial charge in [-0.05, 0) is 18.6 Å². The highest BCUT2D eigenvalue weighted by atomic mass is 32.1. The van der Waals surface area contributed by atoms with E-state index in [1.807, 2.05) is 28.2 Å². The third-order valence-electron chi connectivity index (χ3n) is 4.31. The zero-order valence-corrected chi connectivity index (χ0v) is 15.1. The molecule has 3 heterocycles. The normalized spacial score (nSPS) is 14.2. The third-order valence-corrected chi connectivity index (χ3v) is 5.08. The van der Waals surface area contributed by atoms with E-state index in [1.54, 1.807) is 24.1 Å². The van der Waals surface area contributed by atoms with Crippen molar-refractivity contribution in [2.24, 2.45) is 0 Å². The molecule has 0 aliphatic carbocycles. The van der Waals surface area contributed by atoms with Crippen LogP contribution < -0.4 is 15.0 Å². The van der Waals surface area contributed by atoms with Crippen molar-refractivity contribution in [1.82, 2.24) is 9.38 Å². The molecule has 3 aromatic rings. The zero-order chi connectivity index (χ0) is 18.1. The molecule has 26 heavy (non-hydrogen) atoms. The molecule has 134 valence electrons. The highest BCUT2D eigenvalue weighted by molar-refractivity contribution is 7.15. The minimum atomic E-state index is -0.150. The van der Waals surface area contributed by atoms with Crippen LogP contribution in [0.2, 0.25) is 0 Å². The van der Waals surface area contributed by atoms with E-state index in [-0.39, 0.29) is 18.2 Å². The summed E-state index contributed by atoms with van der Waals surface area (Å²) in [5, 5.41) is 4.81. The molecule has 1 aromatic carbocycles. The number of amides is 2. The topological polar surface area (TPSA) is 75.9 Å². The van der Waals surface area contributed by atoms with Gasteiger partial charge in [0.1, 0.15) is 5.75 Å². The molecule has 4 rings (SSSR count). The number of methoxy groups -OCH3 is 1. The molecule has 0 saturated carbocycles. The third kappa shape index (κ3) is 3.15. The fourth-order valence-corrected chi connectivity index (χ4v) is 3.83. The van der Waals surface area contributed by atoms with Crippen molar-refractivity contribution < 1.29 is 14.3 Å². The second kappa shape index (κ2) is 6.80. The summed E-state index contributed by atoms with van der Waals surface area (Å²) in [7, 11) is 1.56. The molecule has 1 fully saturated rings. The number of benzene rings is 1. The number of nitrogens with one attached hydrogen (secondary N) is 1. The number of hydrogen-bond donors (Lipinski definition) is 1. The van der Waals surface area contributed by atoms with Gasteiger partial charge in [0.15, 0.2) is 4.96 Å². The van der Waals surface area contributed by atoms with Gasteiger partial charge in [-0.1, -0.05) is 0 Å². The Hall–Kier alpha value is -2.87. The Kier molecular flexibility index (Phi) is 4.34. The lowest BCUT2D eigenvalue weighted by Gasteiger charge is -2.19. The van der Waals surface area contributed by atoms with Gasteiger partial charge >= 0.3 is 0 Å². The SMILES string of the molecule is COc1cc(NC(=O)Cc2cn3ccsc3n2)ccc1N1CCCC1=O. The maximum Gasteiger partial charge on any atom is 0.230 e. The molecule has 1 aliphatic heterocycles. The van der Waals surface area contributed by atoms with E-state index in [1.165, 1.54) is 11.3 Å². The summed E-state index contributed by atoms with van der Waals surface area (Å²) in [6, 6.07) is 5.34. The fourth-order valence-electron chi connectivity index (χ4n) is 3.11. The zero-order valence-electron chi connectivity index (χ0n) is 14.3. The van der Waals surface area contributed by atoms with E-state index in [4.69, 9.17) is 4.74 Å². The lowest BCUT2D eigenvalue weighted by molar-refractivity contribution is -0.117. The van der Waals surface area contributed by atoms with Gasteiger partial charge in [0.2, 0.25) is 11.8 Å². The number of rotatable bonds is 5. The molecule has 0 unspecified atom stereocenters. The van der Waals surface area contributed by atoms with Gasteiger partial charge in [-0.15, -0.1) is 11.3 Å². The number of aromatic nitrogens is 2. The number of carbonyl (C=O) groups excluding carboxylic acids is 2. The minimum absolute atomic E-state index is 0.0971. The average Bonchev–Trinajstić information content (AvgIpc) is 3.31. The second-order valence-electron chi connectivity index (χ2n) is 6.09. The highest BCUT2D eigenvalue weighted by Gasteiger charge is 2.24. The van der Waals surface area contributed by atoms with Crippen molar-refractivity contribution in [2.45, 2.75) is 19.3 Å². The monoisotopic (exact) mass is 370 g/mol. The second-order valence-corrected chi connectivity index (χ2v) is 6.96. The predicted molar refractivity (Wildman–Crippen MR) is 100.0 cm³/mol. The fraction of sp³-hybridized carbons (Fsp3) is 0.278. The molecular formula is C18H18N4O3S. The molecule has 1 N–H and O–H groups in total. The van der Waals surface area contributed by atoms with Crippen LogP contribution >= 0.6 is 11.3 Å². The summed E-state index contributed by atoms with van der Waals surface area (Å²) in [5.41, 5.74) is 2.09. The minimum Gasteiger partial charge on any atom is -0.494 e. The van der Waals surface area contributed by atoms with Crippen molar-refractivity contribution in [1.29, 1.82) is 0 Å². The first kappa shape index (κ1) is 16.6. The number of anilines is 2. The van der Waals surface area contributed by atoms with Crippen LogP contribution in [0.4, 0.5) is 11.4 Å². The molecule has 0 bridgehead atoms. The molecular weight excluding hydrogens is 352 g/mol. The molecule has 0 atom stereocenters. The van der Waals surface area contributed by atoms with Crippen LogP contribution in [0.1, 0.15) is 18.5 Å². The van der Waals surface area contributed by atoms with Gasteiger partial charge < -0.3 is 15.0 Å². The number of fused-ring (bicyclic) bond motifs is 1. The van der Waals surface area contributed by atoms with Gasteiger partial charge in [0, 0.05) is 42.5 Å². The Labute approximate surface area is 154 Å². The smallest absolute Gasteiger partial charge is 0.230 e. The molecule has 2 aromatic heterocycles. The van der Waals surface area contributed by atoms with E-state index in [0.717, 1.165) is 22.8 Å². The van der Waals surface area contributed by atoms with E-state index >= 15 is 0 Å². The van der Waals surface area contributed by atoms with Crippen LogP contribution in [0.25, 0.3) is 4.96 Å². The molecule has 0 spiro atoms. The number of hydrogen-bond acceptors (Lipinski definition) is 5. The van der Waals surface area contributed by atoms with E-state index in [9.17, 15) is 9.59 Å². The van der Waals surface area contributed by atoms with Crippen molar-refractivity contribution in [3.63, 3.8) is 0 Å². The first-order valence-electron chi connectivity index (χ1n) is 8.33. The standard InChI is InChI=1S/C18H18N4O3S/c1-25-15-9-12(4-5-14(15)22-6-2-3-17(22)24)19-16(23)10-13-11-21-7-8-26-18(21)20-13/h4-5,7-9,11H,2-3,6,10H2,1H3,(H,19,23). The predicted octanol–water partition coefficient (Wildman–Crippen LogP) is 2.71. The summed E-state index contributed by atoms with van der Waals surface area (Å²) in [6.07, 6.45) is 5.38. The molecule has 1 aliphatic rings. The summed E-state index contributed by atoms with van der Waals surface area (Å²) >= 11 is 1.53. The van der Waals surface area contributed by atoms with Crippen LogP contribution in [0.5, 0.6) is 5.75 Å². The van der Waals surface area contributed by atoms with Crippen LogP contribution in [0, 0.1) is 0 Å². The van der Waals surface area contributed by atoms with Gasteiger partial charge in [0.25, 0.3) is 0 Å². The lowest BCUT2D eigenvalue weighted by atomic mass is 10.2. The van der Waals surface area contributed by atoms with Gasteiger partial charge in [-0.3, -0.25) is 14.0 Å². The molecule has 0 radical (unpaired) electrons. The molecule has 2 amide bonds. The average molecular weight is 370 g/mol. The van der Waals surface area contributed by atoms with Crippen LogP contribution in [-0.2, 0) is 16.0 Å². The molecule has 7 nitrogen and oxygen atoms in total. The summed E-state index contributed by atoms with van der Waals surface area (Å²) in [4.78, 5) is 31.3. The summed E-state index contributed by atoms with van der Waals surface area (Å²) in [6.45, 7) is 0.693. The Morgan fingerprint density at radius 3 is 3.04 bits per heavy atom. The number of imidazole rings is 1. The summed E-state index contributed by atoms with van der Waals surface area (Å²) < 4.78 is 7.32. The first-order valence-corrected chi connectivity index (χ1v) is 9.21. The molecule has 8 heteroatoms. The van der Waals surface area contributed by atoms with Crippen LogP contribution in [-0.4, -0.2) is 34.9 Å². The number of carbonyl (C=O) groups is 2.